The summed E-state index contributed by atoms with van der Waals surface area (Å²) in [6.45, 7) is 2.32. The highest BCUT2D eigenvalue weighted by atomic mass is 31.1. The Morgan fingerprint density at radius 1 is 0.362 bits per heavy atom. The number of halogens is 26. The van der Waals surface area contributed by atoms with Crippen molar-refractivity contribution in [1.82, 2.24) is 0 Å². The third kappa shape index (κ3) is 6.62. The average molecular weight is 782 g/mol. The quantitative estimate of drug-likeness (QED) is 0.122. The van der Waals surface area contributed by atoms with Crippen LogP contribution in [0.5, 0.6) is 0 Å². The molecule has 0 nitrogen and oxygen atoms in total. The van der Waals surface area contributed by atoms with Gasteiger partial charge in [0.1, 0.15) is 0 Å². The largest absolute Gasteiger partial charge is 0.460 e. The van der Waals surface area contributed by atoms with Crippen LogP contribution in [0.15, 0.2) is 0 Å². The smallest absolute Gasteiger partial charge is 0.194 e. The first kappa shape index (κ1) is 45.6. The number of hydrogen-bond donors (Lipinski definition) is 0. The molecule has 0 amide bonds. The first-order chi connectivity index (χ1) is 19.8. The fraction of sp³-hybridized carbons (Fsp3) is 1.00. The Hall–Kier alpha value is -1.39. The van der Waals surface area contributed by atoms with Crippen LogP contribution in [0.2, 0.25) is 0 Å². The lowest BCUT2D eigenvalue weighted by molar-refractivity contribution is -0.436. The Bertz CT molecular complexity index is 1020. The third-order valence-corrected chi connectivity index (χ3v) is 9.15. The Morgan fingerprint density at radius 3 is 0.766 bits per heavy atom. The van der Waals surface area contributed by atoms with Gasteiger partial charge in [-0.1, -0.05) is 27.7 Å². The van der Waals surface area contributed by atoms with Crippen LogP contribution in [0, 0.1) is 11.3 Å². The SMILES string of the molecule is CC(C)CC(C)(C)CP(C(F)(F)C(F)(F)C(F)(F)C(F)(F)C(F)(F)C(F)(F)F)C(F)(F)C(F)(F)C(F)(F)C(F)(F)C(F)(F)C(F)(F)F. The number of hydrogen-bond acceptors (Lipinski definition) is 0. The van der Waals surface area contributed by atoms with Gasteiger partial charge in [-0.15, -0.1) is 0 Å². The Kier molecular flexibility index (Phi) is 11.5. The van der Waals surface area contributed by atoms with Gasteiger partial charge in [0.15, 0.2) is 0 Å². The molecule has 0 aliphatic carbocycles. The standard InChI is InChI=1S/C20H17F26P/c1-7(2)5-8(3,4)6-47(19(43,44)15(33,34)11(25,26)9(21,22)13(29,30)17(37,38)39)20(45,46)16(35,36)12(27,28)10(23,24)14(31,32)18(40,41)42/h7H,5-6H2,1-4H3. The van der Waals surface area contributed by atoms with Crippen molar-refractivity contribution < 1.29 is 114 Å². The second-order valence-corrected chi connectivity index (χ2v) is 13.3. The third-order valence-electron chi connectivity index (χ3n) is 6.06. The van der Waals surface area contributed by atoms with E-state index in [2.05, 4.69) is 0 Å². The summed E-state index contributed by atoms with van der Waals surface area (Å²) in [4.78, 5) is 0. The van der Waals surface area contributed by atoms with Crippen molar-refractivity contribution in [3.8, 4) is 0 Å². The highest BCUT2D eigenvalue weighted by molar-refractivity contribution is 7.60. The number of rotatable bonds is 14. The van der Waals surface area contributed by atoms with Crippen LogP contribution < -0.4 is 0 Å². The second kappa shape index (κ2) is 11.9. The lowest BCUT2D eigenvalue weighted by Crippen LogP contribution is -2.72. The van der Waals surface area contributed by atoms with Gasteiger partial charge in [-0.25, -0.2) is 0 Å². The van der Waals surface area contributed by atoms with E-state index in [9.17, 15) is 114 Å². The molecule has 0 N–H and O–H groups in total. The Morgan fingerprint density at radius 2 is 0.574 bits per heavy atom. The van der Waals surface area contributed by atoms with Crippen molar-refractivity contribution in [2.45, 2.75) is 105 Å². The van der Waals surface area contributed by atoms with Gasteiger partial charge in [0, 0.05) is 0 Å². The monoisotopic (exact) mass is 782 g/mol. The summed E-state index contributed by atoms with van der Waals surface area (Å²) in [7, 11) is -7.34. The first-order valence-corrected chi connectivity index (χ1v) is 13.0. The molecular weight excluding hydrogens is 765 g/mol. The normalized spacial score (nSPS) is 16.9. The van der Waals surface area contributed by atoms with Crippen molar-refractivity contribution in [2.75, 3.05) is 6.16 Å². The maximum Gasteiger partial charge on any atom is 0.460 e. The van der Waals surface area contributed by atoms with Gasteiger partial charge in [0.05, 0.1) is 7.92 Å². The highest BCUT2D eigenvalue weighted by Crippen LogP contribution is 2.77. The minimum atomic E-state index is -9.01. The lowest BCUT2D eigenvalue weighted by Gasteiger charge is -2.47. The van der Waals surface area contributed by atoms with Crippen LogP contribution in [-0.2, 0) is 0 Å². The van der Waals surface area contributed by atoms with Crippen molar-refractivity contribution in [3.63, 3.8) is 0 Å². The van der Waals surface area contributed by atoms with Crippen molar-refractivity contribution in [3.05, 3.63) is 0 Å². The van der Waals surface area contributed by atoms with Crippen LogP contribution in [0.4, 0.5) is 114 Å². The summed E-state index contributed by atoms with van der Waals surface area (Å²) in [5.74, 6) is -71.7. The Balaban J connectivity index is 7.99. The van der Waals surface area contributed by atoms with Gasteiger partial charge in [-0.05, 0) is 23.9 Å². The van der Waals surface area contributed by atoms with Gasteiger partial charge < -0.3 is 0 Å². The fourth-order valence-electron chi connectivity index (χ4n) is 3.83. The van der Waals surface area contributed by atoms with Crippen LogP contribution in [-0.4, -0.2) is 77.2 Å². The predicted octanol–water partition coefficient (Wildman–Crippen LogP) is 11.9. The molecule has 0 aliphatic rings. The van der Waals surface area contributed by atoms with E-state index in [0.717, 1.165) is 13.8 Å². The zero-order valence-corrected chi connectivity index (χ0v) is 23.7. The maximum absolute atomic E-state index is 14.9. The van der Waals surface area contributed by atoms with Crippen LogP contribution in [0.1, 0.15) is 34.1 Å². The molecule has 0 bridgehead atoms. The molecule has 0 heterocycles. The molecule has 0 rings (SSSR count). The summed E-state index contributed by atoms with van der Waals surface area (Å²) >= 11 is 0. The molecule has 0 saturated heterocycles. The molecule has 0 aromatic carbocycles. The molecule has 0 radical (unpaired) electrons. The summed E-state index contributed by atoms with van der Waals surface area (Å²) in [6.07, 6.45) is -20.4. The molecule has 284 valence electrons. The molecule has 0 saturated carbocycles. The molecule has 27 heteroatoms. The van der Waals surface area contributed by atoms with Gasteiger partial charge in [-0.3, -0.25) is 0 Å². The molecule has 0 spiro atoms. The second-order valence-electron chi connectivity index (χ2n) is 11.0. The fourth-order valence-corrected chi connectivity index (χ4v) is 6.53. The van der Waals surface area contributed by atoms with Gasteiger partial charge in [0.2, 0.25) is 0 Å². The summed E-state index contributed by atoms with van der Waals surface area (Å²) < 4.78 is 354. The van der Waals surface area contributed by atoms with E-state index in [-0.39, 0.29) is 13.8 Å². The zero-order chi connectivity index (χ0) is 39.1. The molecule has 0 unspecified atom stereocenters. The van der Waals surface area contributed by atoms with Gasteiger partial charge in [-0.2, -0.15) is 114 Å². The van der Waals surface area contributed by atoms with E-state index in [4.69, 9.17) is 0 Å². The Labute approximate surface area is 245 Å². The minimum Gasteiger partial charge on any atom is -0.194 e. The van der Waals surface area contributed by atoms with Crippen molar-refractivity contribution in [2.24, 2.45) is 11.3 Å². The molecular formula is C20H17F26P. The highest BCUT2D eigenvalue weighted by Gasteiger charge is 2.96. The van der Waals surface area contributed by atoms with Crippen LogP contribution >= 0.6 is 7.92 Å². The average Bonchev–Trinajstić information content (AvgIpc) is 2.79. The predicted molar refractivity (Wildman–Crippen MR) is 107 cm³/mol. The van der Waals surface area contributed by atoms with Crippen LogP contribution in [0.3, 0.4) is 0 Å². The topological polar surface area (TPSA) is 0 Å². The summed E-state index contributed by atoms with van der Waals surface area (Å²) in [5.41, 5.74) is -19.6. The van der Waals surface area contributed by atoms with Crippen molar-refractivity contribution in [1.29, 1.82) is 0 Å². The summed E-state index contributed by atoms with van der Waals surface area (Å²) in [5, 5.41) is 0. The van der Waals surface area contributed by atoms with E-state index in [1.807, 2.05) is 0 Å². The van der Waals surface area contributed by atoms with Crippen LogP contribution in [0.25, 0.3) is 0 Å². The molecule has 0 aromatic heterocycles. The zero-order valence-electron chi connectivity index (χ0n) is 22.8. The molecule has 0 aromatic rings. The van der Waals surface area contributed by atoms with Gasteiger partial charge in [0.25, 0.3) is 0 Å². The molecule has 47 heavy (non-hydrogen) atoms. The van der Waals surface area contributed by atoms with E-state index in [1.165, 1.54) is 0 Å². The van der Waals surface area contributed by atoms with E-state index >= 15 is 0 Å². The maximum atomic E-state index is 14.9. The van der Waals surface area contributed by atoms with E-state index < -0.39 is 103 Å². The van der Waals surface area contributed by atoms with Crippen molar-refractivity contribution >= 4 is 7.92 Å². The van der Waals surface area contributed by atoms with Gasteiger partial charge >= 0.3 is 71.1 Å². The summed E-state index contributed by atoms with van der Waals surface area (Å²) in [6, 6.07) is 0. The minimum absolute atomic E-state index is 0.222. The van der Waals surface area contributed by atoms with E-state index in [1.54, 1.807) is 0 Å². The van der Waals surface area contributed by atoms with E-state index in [0.29, 0.717) is 0 Å². The first-order valence-electron chi connectivity index (χ1n) is 11.4. The molecule has 0 aliphatic heterocycles. The lowest BCUT2D eigenvalue weighted by atomic mass is 9.86. The molecule has 0 fully saturated rings. The number of alkyl halides is 26. The molecule has 0 atom stereocenters.